The first-order chi connectivity index (χ1) is 12.6. The van der Waals surface area contributed by atoms with Crippen molar-refractivity contribution in [2.75, 3.05) is 38.7 Å². The summed E-state index contributed by atoms with van der Waals surface area (Å²) in [5.41, 5.74) is 0.157. The van der Waals surface area contributed by atoms with Gasteiger partial charge < -0.3 is 10.6 Å². The summed E-state index contributed by atoms with van der Waals surface area (Å²) in [6.07, 6.45) is 6.46. The van der Waals surface area contributed by atoms with E-state index in [2.05, 4.69) is 26.8 Å². The molecule has 4 nitrogen and oxygen atoms in total. The lowest BCUT2D eigenvalue weighted by atomic mass is 10.0. The van der Waals surface area contributed by atoms with E-state index in [4.69, 9.17) is 0 Å². The fourth-order valence-electron chi connectivity index (χ4n) is 3.19. The number of nitrogens with one attached hydrogen (secondary N) is 2. The van der Waals surface area contributed by atoms with Gasteiger partial charge in [0.15, 0.2) is 5.96 Å². The number of rotatable bonds is 8. The number of nitrogens with zero attached hydrogens (tertiary/aromatic N) is 2. The minimum atomic E-state index is -0.470. The molecule has 7 heteroatoms. The summed E-state index contributed by atoms with van der Waals surface area (Å²) in [4.78, 5) is 6.39. The third-order valence-electron chi connectivity index (χ3n) is 4.58. The Kier molecular flexibility index (Phi) is 9.18. The van der Waals surface area contributed by atoms with Gasteiger partial charge in [-0.2, -0.15) is 11.8 Å². The van der Waals surface area contributed by atoms with Gasteiger partial charge in [0.1, 0.15) is 11.6 Å². The Morgan fingerprint density at radius 2 is 2.08 bits per heavy atom. The van der Waals surface area contributed by atoms with Gasteiger partial charge in [0.2, 0.25) is 0 Å². The molecule has 1 unspecified atom stereocenters. The summed E-state index contributed by atoms with van der Waals surface area (Å²) in [6, 6.07) is 4.28. The highest BCUT2D eigenvalue weighted by Gasteiger charge is 2.22. The van der Waals surface area contributed by atoms with E-state index in [1.807, 2.05) is 11.8 Å². The van der Waals surface area contributed by atoms with Gasteiger partial charge in [0.05, 0.1) is 0 Å². The topological polar surface area (TPSA) is 39.7 Å². The summed E-state index contributed by atoms with van der Waals surface area (Å²) in [5.74, 6) is 1.04. The molecule has 0 bridgehead atoms. The molecule has 1 fully saturated rings. The lowest BCUT2D eigenvalue weighted by Gasteiger charge is -2.34. The average Bonchev–Trinajstić information content (AvgIpc) is 2.64. The zero-order chi connectivity index (χ0) is 18.8. The molecule has 0 aromatic heterocycles. The Morgan fingerprint density at radius 3 is 2.77 bits per heavy atom. The van der Waals surface area contributed by atoms with Crippen molar-refractivity contribution < 1.29 is 8.78 Å². The molecule has 146 valence electrons. The minimum Gasteiger partial charge on any atom is -0.356 e. The Morgan fingerprint density at radius 1 is 1.31 bits per heavy atom. The van der Waals surface area contributed by atoms with Crippen molar-refractivity contribution in [2.24, 2.45) is 4.99 Å². The van der Waals surface area contributed by atoms with E-state index >= 15 is 0 Å². The molecule has 1 aromatic rings. The maximum atomic E-state index is 13.9. The Labute approximate surface area is 159 Å². The first-order valence-electron chi connectivity index (χ1n) is 9.25. The first kappa shape index (κ1) is 21.0. The van der Waals surface area contributed by atoms with Crippen LogP contribution in [-0.2, 0) is 6.54 Å². The van der Waals surface area contributed by atoms with Crippen molar-refractivity contribution in [3.8, 4) is 0 Å². The molecule has 0 spiro atoms. The molecule has 0 amide bonds. The normalized spacial score (nSPS) is 18.8. The third kappa shape index (κ3) is 6.76. The van der Waals surface area contributed by atoms with Gasteiger partial charge in [-0.1, -0.05) is 6.07 Å². The van der Waals surface area contributed by atoms with Crippen LogP contribution in [0, 0.1) is 11.6 Å². The number of aliphatic imine (C=N–C) groups is 1. The quantitative estimate of drug-likeness (QED) is 0.410. The molecule has 1 saturated heterocycles. The van der Waals surface area contributed by atoms with Crippen molar-refractivity contribution in [1.29, 1.82) is 0 Å². The highest BCUT2D eigenvalue weighted by atomic mass is 32.2. The van der Waals surface area contributed by atoms with E-state index in [-0.39, 0.29) is 11.6 Å². The van der Waals surface area contributed by atoms with Gasteiger partial charge >= 0.3 is 0 Å². The highest BCUT2D eigenvalue weighted by Crippen LogP contribution is 2.18. The molecule has 2 N–H and O–H groups in total. The minimum absolute atomic E-state index is 0.157. The van der Waals surface area contributed by atoms with E-state index in [0.29, 0.717) is 6.54 Å². The molecule has 1 aliphatic heterocycles. The van der Waals surface area contributed by atoms with Crippen molar-refractivity contribution in [3.63, 3.8) is 0 Å². The van der Waals surface area contributed by atoms with Crippen LogP contribution in [0.15, 0.2) is 23.2 Å². The van der Waals surface area contributed by atoms with Crippen LogP contribution < -0.4 is 10.6 Å². The number of hydrogen-bond donors (Lipinski definition) is 2. The molecule has 1 heterocycles. The van der Waals surface area contributed by atoms with Crippen LogP contribution in [0.3, 0.4) is 0 Å². The van der Waals surface area contributed by atoms with Crippen LogP contribution in [0.2, 0.25) is 0 Å². The summed E-state index contributed by atoms with van der Waals surface area (Å²) >= 11 is 1.86. The number of likely N-dealkylation sites (tertiary alicyclic amines) is 1. The van der Waals surface area contributed by atoms with Crippen LogP contribution in [0.4, 0.5) is 8.78 Å². The molecular weight excluding hydrogens is 354 g/mol. The van der Waals surface area contributed by atoms with Crippen LogP contribution in [-0.4, -0.2) is 55.6 Å². The number of guanidine groups is 1. The van der Waals surface area contributed by atoms with E-state index in [9.17, 15) is 8.78 Å². The van der Waals surface area contributed by atoms with Crippen molar-refractivity contribution >= 4 is 17.7 Å². The van der Waals surface area contributed by atoms with Crippen LogP contribution >= 0.6 is 11.8 Å². The van der Waals surface area contributed by atoms with Gasteiger partial charge in [0.25, 0.3) is 0 Å². The number of piperidine rings is 1. The standard InChI is InChI=1S/C19H30F2N4S/c1-22-19(23-10-3-4-12-26-2)24-15-7-6-11-25(13-15)14-16-17(20)8-5-9-18(16)21/h5,8-9,15H,3-4,6-7,10-14H2,1-2H3,(H2,22,23,24). The number of thioether (sulfide) groups is 1. The van der Waals surface area contributed by atoms with E-state index < -0.39 is 11.6 Å². The molecule has 1 atom stereocenters. The largest absolute Gasteiger partial charge is 0.356 e. The maximum absolute atomic E-state index is 13.9. The number of hydrogen-bond acceptors (Lipinski definition) is 3. The van der Waals surface area contributed by atoms with Crippen molar-refractivity contribution in [3.05, 3.63) is 35.4 Å². The molecule has 1 aliphatic rings. The second kappa shape index (κ2) is 11.4. The molecule has 0 aliphatic carbocycles. The third-order valence-corrected chi connectivity index (χ3v) is 5.28. The van der Waals surface area contributed by atoms with Gasteiger partial charge in [-0.05, 0) is 56.4 Å². The highest BCUT2D eigenvalue weighted by molar-refractivity contribution is 7.98. The second-order valence-electron chi connectivity index (χ2n) is 6.62. The smallest absolute Gasteiger partial charge is 0.191 e. The summed E-state index contributed by atoms with van der Waals surface area (Å²) in [7, 11) is 1.77. The number of halogens is 2. The number of benzene rings is 1. The summed E-state index contributed by atoms with van der Waals surface area (Å²) < 4.78 is 27.8. The summed E-state index contributed by atoms with van der Waals surface area (Å²) in [6.45, 7) is 2.81. The molecule has 2 rings (SSSR count). The van der Waals surface area contributed by atoms with Gasteiger partial charge in [0, 0.05) is 38.3 Å². The monoisotopic (exact) mass is 384 g/mol. The van der Waals surface area contributed by atoms with E-state index in [1.54, 1.807) is 7.05 Å². The SMILES string of the molecule is CN=C(NCCCCSC)NC1CCCN(Cc2c(F)cccc2F)C1. The molecule has 26 heavy (non-hydrogen) atoms. The lowest BCUT2D eigenvalue weighted by Crippen LogP contribution is -2.51. The summed E-state index contributed by atoms with van der Waals surface area (Å²) in [5, 5.41) is 6.80. The molecule has 1 aromatic carbocycles. The van der Waals surface area contributed by atoms with E-state index in [0.717, 1.165) is 44.9 Å². The molecule has 0 radical (unpaired) electrons. The lowest BCUT2D eigenvalue weighted by molar-refractivity contribution is 0.188. The van der Waals surface area contributed by atoms with Gasteiger partial charge in [-0.3, -0.25) is 9.89 Å². The zero-order valence-corrected chi connectivity index (χ0v) is 16.5. The van der Waals surface area contributed by atoms with E-state index in [1.165, 1.54) is 30.4 Å². The second-order valence-corrected chi connectivity index (χ2v) is 7.60. The zero-order valence-electron chi connectivity index (χ0n) is 15.7. The van der Waals surface area contributed by atoms with Crippen LogP contribution in [0.25, 0.3) is 0 Å². The Bertz CT molecular complexity index is 562. The van der Waals surface area contributed by atoms with Gasteiger partial charge in [-0.25, -0.2) is 8.78 Å². The fourth-order valence-corrected chi connectivity index (χ4v) is 3.68. The first-order valence-corrected chi connectivity index (χ1v) is 10.6. The number of unbranched alkanes of at least 4 members (excludes halogenated alkanes) is 1. The Balaban J connectivity index is 1.81. The van der Waals surface area contributed by atoms with Crippen LogP contribution in [0.1, 0.15) is 31.2 Å². The fraction of sp³-hybridized carbons (Fsp3) is 0.632. The van der Waals surface area contributed by atoms with Crippen LogP contribution in [0.5, 0.6) is 0 Å². The average molecular weight is 385 g/mol. The predicted octanol–water partition coefficient (Wildman–Crippen LogP) is 3.24. The molecular formula is C19H30F2N4S. The predicted molar refractivity (Wildman–Crippen MR) is 107 cm³/mol. The van der Waals surface area contributed by atoms with Gasteiger partial charge in [-0.15, -0.1) is 0 Å². The maximum Gasteiger partial charge on any atom is 0.191 e. The van der Waals surface area contributed by atoms with Crippen molar-refractivity contribution in [1.82, 2.24) is 15.5 Å². The molecule has 0 saturated carbocycles. The van der Waals surface area contributed by atoms with Crippen molar-refractivity contribution in [2.45, 2.75) is 38.3 Å². The Hall–Kier alpha value is -1.34.